The van der Waals surface area contributed by atoms with Gasteiger partial charge in [0.2, 0.25) is 0 Å². The van der Waals surface area contributed by atoms with E-state index in [1.54, 1.807) is 0 Å². The molecular weight excluding hydrogens is 304 g/mol. The number of benzene rings is 1. The molecule has 1 aliphatic rings. The first-order valence-electron chi connectivity index (χ1n) is 6.64. The third-order valence-corrected chi connectivity index (χ3v) is 2.91. The number of hydrogen-bond acceptors (Lipinski definition) is 0. The van der Waals surface area contributed by atoms with Crippen LogP contribution >= 0.6 is 0 Å². The van der Waals surface area contributed by atoms with Crippen molar-refractivity contribution < 1.29 is 21.7 Å². The van der Waals surface area contributed by atoms with E-state index in [1.165, 1.54) is 28.3 Å². The van der Waals surface area contributed by atoms with Crippen LogP contribution in [-0.4, -0.2) is 4.98 Å². The van der Waals surface area contributed by atoms with Gasteiger partial charge in [-0.15, -0.1) is 5.92 Å². The minimum Gasteiger partial charge on any atom is -0.693 e. The van der Waals surface area contributed by atoms with E-state index >= 15 is 0 Å². The second-order valence-corrected chi connectivity index (χ2v) is 5.36. The van der Waals surface area contributed by atoms with E-state index in [4.69, 9.17) is 0 Å². The van der Waals surface area contributed by atoms with Crippen LogP contribution in [0.4, 0.5) is 0 Å². The first kappa shape index (κ1) is 23.2. The number of H-pyrrole nitrogens is 1. The fraction of sp³-hybridized carbons (Fsp3) is 0.211. The van der Waals surface area contributed by atoms with Crippen LogP contribution in [0.15, 0.2) is 48.7 Å². The summed E-state index contributed by atoms with van der Waals surface area (Å²) < 4.78 is 0. The van der Waals surface area contributed by atoms with Gasteiger partial charge in [0, 0.05) is 11.9 Å². The summed E-state index contributed by atoms with van der Waals surface area (Å²) in [5.41, 5.74) is 5.08. The van der Waals surface area contributed by atoms with E-state index in [2.05, 4.69) is 69.1 Å². The zero-order valence-corrected chi connectivity index (χ0v) is 15.5. The van der Waals surface area contributed by atoms with E-state index in [0.29, 0.717) is 0 Å². The molecule has 2 aromatic rings. The topological polar surface area (TPSA) is 49.3 Å². The average molecular weight is 330 g/mol. The molecule has 1 atom stereocenters. The van der Waals surface area contributed by atoms with Gasteiger partial charge in [0.1, 0.15) is 0 Å². The predicted molar refractivity (Wildman–Crippen MR) is 94.4 cm³/mol. The smallest absolute Gasteiger partial charge is 0.693 e. The summed E-state index contributed by atoms with van der Waals surface area (Å²) in [7, 11) is 0. The van der Waals surface area contributed by atoms with Crippen molar-refractivity contribution in [1.82, 2.24) is 4.98 Å². The summed E-state index contributed by atoms with van der Waals surface area (Å²) in [6.07, 6.45) is 4.17. The van der Waals surface area contributed by atoms with Crippen molar-refractivity contribution in [2.45, 2.75) is 26.7 Å². The number of fused-ring (bicyclic) bond motifs is 1. The van der Waals surface area contributed by atoms with Gasteiger partial charge in [-0.25, -0.2) is 0 Å². The van der Waals surface area contributed by atoms with Crippen LogP contribution in [0.2, 0.25) is 0 Å². The van der Waals surface area contributed by atoms with Gasteiger partial charge in [-0.3, -0.25) is 0 Å². The van der Waals surface area contributed by atoms with Crippen LogP contribution < -0.4 is 0 Å². The number of rotatable bonds is 1. The van der Waals surface area contributed by atoms with Crippen LogP contribution in [0.3, 0.4) is 0 Å². The number of allylic oxidation sites excluding steroid dienone is 1. The molecule has 3 N–H and O–H groups in total. The van der Waals surface area contributed by atoms with Crippen LogP contribution in [0.25, 0.3) is 11.7 Å². The maximum Gasteiger partial charge on any atom is 4.00 e. The first-order chi connectivity index (χ1) is 9.09. The molecule has 0 aliphatic heterocycles. The van der Waals surface area contributed by atoms with E-state index in [9.17, 15) is 0 Å². The molecule has 0 radical (unpaired) electrons. The largest absolute Gasteiger partial charge is 4.00 e. The number of nitrogens with one attached hydrogen (secondary N) is 1. The van der Waals surface area contributed by atoms with Crippen molar-refractivity contribution in [3.05, 3.63) is 91.9 Å². The van der Waals surface area contributed by atoms with Gasteiger partial charge in [-0.2, -0.15) is 20.8 Å². The van der Waals surface area contributed by atoms with Crippen molar-refractivity contribution in [3.63, 3.8) is 0 Å². The van der Waals surface area contributed by atoms with Crippen molar-refractivity contribution >= 4 is 5.57 Å². The summed E-state index contributed by atoms with van der Waals surface area (Å²) in [5, 5.41) is 0. The molecule has 0 saturated carbocycles. The number of aromatic nitrogens is 1. The summed E-state index contributed by atoms with van der Waals surface area (Å²) >= 11 is 0. The third-order valence-electron chi connectivity index (χ3n) is 2.91. The normalized spacial score (nSPS) is 14.4. The van der Waals surface area contributed by atoms with Crippen LogP contribution in [0.5, 0.6) is 0 Å². The molecule has 3 rings (SSSR count). The average Bonchev–Trinajstić information content (AvgIpc) is 2.97. The van der Waals surface area contributed by atoms with Gasteiger partial charge < -0.3 is 31.4 Å². The molecule has 1 aliphatic carbocycles. The molecule has 22 heavy (non-hydrogen) atoms. The van der Waals surface area contributed by atoms with Gasteiger partial charge in [-0.1, -0.05) is 35.9 Å². The molecule has 0 spiro atoms. The molecule has 1 aromatic heterocycles. The molecule has 0 fully saturated rings. The minimum atomic E-state index is 0. The van der Waals surface area contributed by atoms with Crippen molar-refractivity contribution in [1.29, 1.82) is 0 Å². The van der Waals surface area contributed by atoms with Gasteiger partial charge in [-0.05, 0) is 23.3 Å². The summed E-state index contributed by atoms with van der Waals surface area (Å²) in [4.78, 5) is 3.24. The number of nitrogens with two attached hydrogens (primary N) is 1. The van der Waals surface area contributed by atoms with Crippen LogP contribution in [0.1, 0.15) is 43.5 Å². The molecule has 1 unspecified atom stereocenters. The van der Waals surface area contributed by atoms with Crippen LogP contribution in [-0.2, 0) is 21.7 Å². The Morgan fingerprint density at radius 2 is 1.64 bits per heavy atom. The molecule has 3 heteroatoms. The third kappa shape index (κ3) is 5.60. The van der Waals surface area contributed by atoms with Crippen molar-refractivity contribution in [2.75, 3.05) is 0 Å². The van der Waals surface area contributed by atoms with E-state index in [1.807, 2.05) is 12.3 Å². The maximum absolute atomic E-state index is 4.15. The maximum atomic E-state index is 4.15. The zero-order chi connectivity index (χ0) is 13.8. The van der Waals surface area contributed by atoms with E-state index in [0.717, 1.165) is 0 Å². The molecule has 1 heterocycles. The van der Waals surface area contributed by atoms with Crippen LogP contribution in [0, 0.1) is 20.3 Å². The Morgan fingerprint density at radius 1 is 1.05 bits per heavy atom. The zero-order valence-electron chi connectivity index (χ0n) is 14.0. The molecule has 0 amide bonds. The molecule has 0 saturated heterocycles. The van der Waals surface area contributed by atoms with Gasteiger partial charge in [0.05, 0.1) is 0 Å². The second-order valence-electron chi connectivity index (χ2n) is 5.36. The van der Waals surface area contributed by atoms with Crippen molar-refractivity contribution in [2.24, 2.45) is 0 Å². The monoisotopic (exact) mass is 330 g/mol. The predicted octanol–water partition coefficient (Wildman–Crippen LogP) is 6.16. The molecular formula is C19H26N2Ti. The Hall–Kier alpha value is -1.09. The summed E-state index contributed by atoms with van der Waals surface area (Å²) in [6.45, 7) is 10.4. The quantitative estimate of drug-likeness (QED) is 0.481. The Morgan fingerprint density at radius 3 is 2.18 bits per heavy atom. The Labute approximate surface area is 150 Å². The van der Waals surface area contributed by atoms with Gasteiger partial charge in [0.15, 0.2) is 0 Å². The number of aromatic amines is 1. The first-order valence-corrected chi connectivity index (χ1v) is 6.64. The summed E-state index contributed by atoms with van der Waals surface area (Å²) in [5.74, 6) is 1.69. The van der Waals surface area contributed by atoms with Gasteiger partial charge >= 0.3 is 21.7 Å². The van der Waals surface area contributed by atoms with E-state index < -0.39 is 0 Å². The fourth-order valence-corrected chi connectivity index (χ4v) is 2.18. The second kappa shape index (κ2) is 10.6. The molecule has 2 nitrogen and oxygen atoms in total. The Bertz CT molecular complexity index is 554. The molecule has 116 valence electrons. The SMILES string of the molecule is C[C-](C)C.[CH2-]C1C=C(c2ccc[nH]2)c2ccccc21.[CH3-].[NH2-].[Ti+4]. The van der Waals surface area contributed by atoms with Gasteiger partial charge in [0.25, 0.3) is 0 Å². The minimum absolute atomic E-state index is 0. The standard InChI is InChI=1S/C14H12N.C4H9.CH3.H2N.Ti/c1-10-9-13(14-7-4-8-15-14)12-6-3-2-5-11(10)12;1-4(2)3;;;/h2-10,15H,1H2;1-3H3;1H3;1H2;/q4*-1;+4. The summed E-state index contributed by atoms with van der Waals surface area (Å²) in [6, 6.07) is 12.6. The van der Waals surface area contributed by atoms with E-state index in [-0.39, 0.29) is 41.2 Å². The number of hydrogen-bond donors (Lipinski definition) is 1. The Kier molecular flexibility index (Phi) is 11.2. The molecule has 0 bridgehead atoms. The fourth-order valence-electron chi connectivity index (χ4n) is 2.18. The molecule has 1 aromatic carbocycles. The Balaban J connectivity index is 0. The van der Waals surface area contributed by atoms with Crippen molar-refractivity contribution in [3.8, 4) is 0 Å².